The molecule has 3 heteroatoms. The third-order valence-electron chi connectivity index (χ3n) is 1.76. The first-order valence-corrected chi connectivity index (χ1v) is 4.72. The molecule has 0 saturated heterocycles. The van der Waals surface area contributed by atoms with Crippen LogP contribution in [0.3, 0.4) is 0 Å². The molecule has 0 bridgehead atoms. The number of anilines is 1. The van der Waals surface area contributed by atoms with E-state index in [2.05, 4.69) is 52.2 Å². The summed E-state index contributed by atoms with van der Waals surface area (Å²) in [7, 11) is 0. The summed E-state index contributed by atoms with van der Waals surface area (Å²) in [6, 6.07) is 6.18. The molecule has 0 amide bonds. The Balaban J connectivity index is 3.17. The lowest BCUT2D eigenvalue weighted by atomic mass is 10.1. The highest BCUT2D eigenvalue weighted by Crippen LogP contribution is 2.27. The van der Waals surface area contributed by atoms with E-state index >= 15 is 0 Å². The van der Waals surface area contributed by atoms with E-state index in [9.17, 15) is 0 Å². The minimum absolute atomic E-state index is 1.14. The fraction of sp³-hybridized carbons (Fsp3) is 0.250. The molecule has 0 aliphatic heterocycles. The van der Waals surface area contributed by atoms with Crippen molar-refractivity contribution in [1.82, 2.24) is 0 Å². The Morgan fingerprint density at radius 3 is 2.27 bits per heavy atom. The first-order valence-electron chi connectivity index (χ1n) is 3.31. The number of hydrogen-bond acceptors (Lipinski definition) is 1. The molecule has 0 aromatic heterocycles. The average Bonchev–Trinajstić information content (AvgIpc) is 1.94. The molecule has 0 atom stereocenters. The van der Waals surface area contributed by atoms with E-state index in [1.54, 1.807) is 2.95 Å². The molecule has 1 aromatic carbocycles. The third-order valence-corrected chi connectivity index (χ3v) is 2.52. The zero-order valence-electron chi connectivity index (χ0n) is 6.44. The Kier molecular flexibility index (Phi) is 2.96. The maximum Gasteiger partial charge on any atom is 0.0627 e. The summed E-state index contributed by atoms with van der Waals surface area (Å²) in [5, 5.41) is 0. The number of halogens is 2. The van der Waals surface area contributed by atoms with Crippen molar-refractivity contribution >= 4 is 38.0 Å². The van der Waals surface area contributed by atoms with Gasteiger partial charge in [-0.3, -0.25) is 0 Å². The van der Waals surface area contributed by atoms with Crippen LogP contribution in [-0.4, -0.2) is 0 Å². The second kappa shape index (κ2) is 3.59. The molecule has 0 fully saturated rings. The third kappa shape index (κ3) is 1.97. The van der Waals surface area contributed by atoms with Gasteiger partial charge in [0.25, 0.3) is 0 Å². The highest BCUT2D eigenvalue weighted by Gasteiger charge is 2.03. The van der Waals surface area contributed by atoms with Crippen LogP contribution in [0.4, 0.5) is 5.69 Å². The zero-order chi connectivity index (χ0) is 8.43. The van der Waals surface area contributed by atoms with Gasteiger partial charge < -0.3 is 0 Å². The lowest BCUT2D eigenvalue weighted by Gasteiger charge is -2.11. The van der Waals surface area contributed by atoms with Gasteiger partial charge in [0.15, 0.2) is 0 Å². The first-order chi connectivity index (χ1) is 5.13. The summed E-state index contributed by atoms with van der Waals surface area (Å²) in [6.07, 6.45) is 0. The quantitative estimate of drug-likeness (QED) is 0.708. The first kappa shape index (κ1) is 9.07. The van der Waals surface area contributed by atoms with Crippen molar-refractivity contribution in [3.63, 3.8) is 0 Å². The molecule has 1 aromatic rings. The molecule has 60 valence electrons. The van der Waals surface area contributed by atoms with E-state index in [-0.39, 0.29) is 0 Å². The lowest BCUT2D eigenvalue weighted by Crippen LogP contribution is -1.94. The number of nitrogens with zero attached hydrogens (tertiary/aromatic N) is 1. The highest BCUT2D eigenvalue weighted by atomic mass is 79.9. The summed E-state index contributed by atoms with van der Waals surface area (Å²) < 4.78 is 1.77. The number of aryl methyl sites for hydroxylation is 1. The second-order valence-electron chi connectivity index (χ2n) is 2.45. The van der Waals surface area contributed by atoms with Gasteiger partial charge >= 0.3 is 0 Å². The van der Waals surface area contributed by atoms with Crippen LogP contribution in [0.15, 0.2) is 18.2 Å². The topological polar surface area (TPSA) is 3.24 Å². The van der Waals surface area contributed by atoms with Crippen LogP contribution < -0.4 is 2.95 Å². The van der Waals surface area contributed by atoms with Gasteiger partial charge in [-0.1, -0.05) is 12.1 Å². The van der Waals surface area contributed by atoms with E-state index < -0.39 is 0 Å². The normalized spacial score (nSPS) is 9.82. The number of benzene rings is 1. The molecule has 11 heavy (non-hydrogen) atoms. The standard InChI is InChI=1S/C8H9Br2N/c1-6-4-3-5-8(7(6)2)11(9)10/h3-5H,1-2H3. The minimum atomic E-state index is 1.14. The van der Waals surface area contributed by atoms with E-state index in [4.69, 9.17) is 0 Å². The second-order valence-corrected chi connectivity index (χ2v) is 4.82. The van der Waals surface area contributed by atoms with Crippen LogP contribution in [0.5, 0.6) is 0 Å². The van der Waals surface area contributed by atoms with E-state index in [1.165, 1.54) is 11.1 Å². The van der Waals surface area contributed by atoms with Crippen molar-refractivity contribution in [2.75, 3.05) is 2.95 Å². The van der Waals surface area contributed by atoms with Crippen molar-refractivity contribution in [2.24, 2.45) is 0 Å². The predicted octanol–water partition coefficient (Wildman–Crippen LogP) is 3.73. The highest BCUT2D eigenvalue weighted by molar-refractivity contribution is 9.25. The predicted molar refractivity (Wildman–Crippen MR) is 56.2 cm³/mol. The van der Waals surface area contributed by atoms with Crippen molar-refractivity contribution in [2.45, 2.75) is 13.8 Å². The van der Waals surface area contributed by atoms with Crippen molar-refractivity contribution in [3.8, 4) is 0 Å². The van der Waals surface area contributed by atoms with Crippen LogP contribution in [0.1, 0.15) is 11.1 Å². The van der Waals surface area contributed by atoms with Crippen LogP contribution in [0, 0.1) is 13.8 Å². The molecule has 0 heterocycles. The molecule has 0 radical (unpaired) electrons. The SMILES string of the molecule is Cc1cccc(N(Br)Br)c1C. The van der Waals surface area contributed by atoms with Gasteiger partial charge in [-0.05, 0) is 31.0 Å². The number of rotatable bonds is 1. The Labute approximate surface area is 84.1 Å². The van der Waals surface area contributed by atoms with Crippen molar-refractivity contribution in [1.29, 1.82) is 0 Å². The van der Waals surface area contributed by atoms with Crippen molar-refractivity contribution in [3.05, 3.63) is 29.3 Å². The van der Waals surface area contributed by atoms with Gasteiger partial charge in [0, 0.05) is 0 Å². The Morgan fingerprint density at radius 2 is 1.82 bits per heavy atom. The molecule has 0 aliphatic carbocycles. The summed E-state index contributed by atoms with van der Waals surface area (Å²) in [6.45, 7) is 4.20. The maximum absolute atomic E-state index is 3.32. The molecular formula is C8H9Br2N. The molecule has 0 N–H and O–H groups in total. The fourth-order valence-electron chi connectivity index (χ4n) is 0.919. The molecule has 0 saturated carbocycles. The maximum atomic E-state index is 3.32. The van der Waals surface area contributed by atoms with Crippen LogP contribution in [0.25, 0.3) is 0 Å². The Bertz CT molecular complexity index is 258. The van der Waals surface area contributed by atoms with E-state index in [0.29, 0.717) is 0 Å². The van der Waals surface area contributed by atoms with Crippen LogP contribution in [0.2, 0.25) is 0 Å². The molecule has 1 nitrogen and oxygen atoms in total. The molecule has 0 unspecified atom stereocenters. The van der Waals surface area contributed by atoms with Gasteiger partial charge in [-0.2, -0.15) is 0 Å². The molecule has 1 rings (SSSR count). The fourth-order valence-corrected chi connectivity index (χ4v) is 1.69. The summed E-state index contributed by atoms with van der Waals surface area (Å²) in [5.41, 5.74) is 3.72. The van der Waals surface area contributed by atoms with E-state index in [0.717, 1.165) is 5.69 Å². The van der Waals surface area contributed by atoms with Crippen LogP contribution in [-0.2, 0) is 0 Å². The van der Waals surface area contributed by atoms with Gasteiger partial charge in [-0.15, -0.1) is 0 Å². The number of hydrogen-bond donors (Lipinski definition) is 0. The Hall–Kier alpha value is -0.0200. The summed E-state index contributed by atoms with van der Waals surface area (Å²) in [4.78, 5) is 0. The molecule has 0 aliphatic rings. The Morgan fingerprint density at radius 1 is 1.18 bits per heavy atom. The largest absolute Gasteiger partial charge is 0.242 e. The average molecular weight is 279 g/mol. The van der Waals surface area contributed by atoms with E-state index in [1.807, 2.05) is 12.1 Å². The summed E-state index contributed by atoms with van der Waals surface area (Å²) in [5.74, 6) is 0. The zero-order valence-corrected chi connectivity index (χ0v) is 9.61. The lowest BCUT2D eigenvalue weighted by molar-refractivity contribution is 1.34. The van der Waals surface area contributed by atoms with Crippen molar-refractivity contribution < 1.29 is 0 Å². The smallest absolute Gasteiger partial charge is 0.0627 e. The molecular weight excluding hydrogens is 270 g/mol. The van der Waals surface area contributed by atoms with Gasteiger partial charge in [0.2, 0.25) is 0 Å². The summed E-state index contributed by atoms with van der Waals surface area (Å²) >= 11 is 6.63. The van der Waals surface area contributed by atoms with Crippen LogP contribution >= 0.6 is 32.3 Å². The van der Waals surface area contributed by atoms with Gasteiger partial charge in [-0.25, -0.2) is 2.95 Å². The van der Waals surface area contributed by atoms with Gasteiger partial charge in [0.05, 0.1) is 38.0 Å². The minimum Gasteiger partial charge on any atom is -0.242 e. The van der Waals surface area contributed by atoms with Gasteiger partial charge in [0.1, 0.15) is 0 Å². The monoisotopic (exact) mass is 277 g/mol. The molecule has 0 spiro atoms.